The van der Waals surface area contributed by atoms with Crippen LogP contribution >= 0.6 is 23.6 Å². The highest BCUT2D eigenvalue weighted by Crippen LogP contribution is 2.26. The van der Waals surface area contributed by atoms with E-state index in [1.54, 1.807) is 0 Å². The Morgan fingerprint density at radius 1 is 1.15 bits per heavy atom. The molecule has 1 aromatic carbocycles. The highest BCUT2D eigenvalue weighted by molar-refractivity contribution is 7.71. The van der Waals surface area contributed by atoms with Crippen LogP contribution in [0.4, 0.5) is 0 Å². The maximum absolute atomic E-state index is 5.39. The predicted molar refractivity (Wildman–Crippen MR) is 62.1 cm³/mol. The number of rotatable bonds is 0. The second kappa shape index (κ2) is 3.20. The van der Waals surface area contributed by atoms with E-state index in [9.17, 15) is 0 Å². The molecule has 0 aliphatic heterocycles. The molecule has 1 heterocycles. The molecule has 2 aromatic rings. The lowest BCUT2D eigenvalue weighted by Gasteiger charge is -2.02. The Labute approximate surface area is 86.9 Å². The summed E-state index contributed by atoms with van der Waals surface area (Å²) in [6.45, 7) is 4.23. The van der Waals surface area contributed by atoms with Gasteiger partial charge in [0.05, 0.1) is 4.51 Å². The number of hydrogen-bond donors (Lipinski definition) is 0. The average Bonchev–Trinajstić information content (AvgIpc) is 2.15. The lowest BCUT2D eigenvalue weighted by atomic mass is 10.2. The molecule has 13 heavy (non-hydrogen) atoms. The van der Waals surface area contributed by atoms with Crippen molar-refractivity contribution in [2.24, 2.45) is 0 Å². The molecule has 0 radical (unpaired) electrons. The van der Waals surface area contributed by atoms with E-state index in [4.69, 9.17) is 12.2 Å². The second-order valence-electron chi connectivity index (χ2n) is 3.11. The van der Waals surface area contributed by atoms with Gasteiger partial charge in [0.2, 0.25) is 0 Å². The summed E-state index contributed by atoms with van der Waals surface area (Å²) in [6, 6.07) is 8.32. The van der Waals surface area contributed by atoms with Crippen molar-refractivity contribution in [1.82, 2.24) is 0 Å². The van der Waals surface area contributed by atoms with Crippen molar-refractivity contribution in [3.63, 3.8) is 0 Å². The molecule has 0 N–H and O–H groups in total. The minimum Gasteiger partial charge on any atom is -0.140 e. The minimum atomic E-state index is 1.01. The zero-order valence-corrected chi connectivity index (χ0v) is 9.26. The van der Waals surface area contributed by atoms with Crippen LogP contribution < -0.4 is 0 Å². The first kappa shape index (κ1) is 8.85. The quantitative estimate of drug-likeness (QED) is 0.581. The Balaban J connectivity index is 3.03. The number of benzene rings is 1. The first-order valence-electron chi connectivity index (χ1n) is 4.19. The third kappa shape index (κ3) is 1.40. The van der Waals surface area contributed by atoms with Crippen molar-refractivity contribution >= 4 is 33.6 Å². The molecule has 2 heteroatoms. The van der Waals surface area contributed by atoms with Crippen LogP contribution in [0.5, 0.6) is 0 Å². The van der Waals surface area contributed by atoms with Crippen molar-refractivity contribution < 1.29 is 0 Å². The van der Waals surface area contributed by atoms with Gasteiger partial charge in [-0.1, -0.05) is 30.4 Å². The third-order valence-corrected chi connectivity index (χ3v) is 3.98. The van der Waals surface area contributed by atoms with Gasteiger partial charge in [-0.2, -0.15) is 0 Å². The molecule has 0 atom stereocenters. The first-order chi connectivity index (χ1) is 6.20. The molecular weight excluding hydrogens is 196 g/mol. The molecule has 0 bridgehead atoms. The molecule has 0 aliphatic rings. The van der Waals surface area contributed by atoms with E-state index in [2.05, 4.69) is 32.0 Å². The van der Waals surface area contributed by atoms with E-state index in [1.807, 2.05) is 17.4 Å². The highest BCUT2D eigenvalue weighted by Gasteiger charge is 2.01. The zero-order valence-electron chi connectivity index (χ0n) is 7.63. The molecule has 0 nitrogen and oxygen atoms in total. The summed E-state index contributed by atoms with van der Waals surface area (Å²) in [5.74, 6) is 0. The molecule has 0 amide bonds. The molecule has 0 spiro atoms. The maximum Gasteiger partial charge on any atom is 0.0503 e. The van der Waals surface area contributed by atoms with Crippen LogP contribution in [0.3, 0.4) is 0 Å². The smallest absolute Gasteiger partial charge is 0.0503 e. The Bertz CT molecular complexity index is 509. The molecule has 0 saturated heterocycles. The lowest BCUT2D eigenvalue weighted by molar-refractivity contribution is 1.42. The van der Waals surface area contributed by atoms with Gasteiger partial charge >= 0.3 is 0 Å². The first-order valence-corrected chi connectivity index (χ1v) is 5.41. The van der Waals surface area contributed by atoms with Gasteiger partial charge in [-0.3, -0.25) is 0 Å². The SMILES string of the molecule is Cc1sc2ccccc2c(=S)c1C. The Morgan fingerprint density at radius 3 is 2.62 bits per heavy atom. The second-order valence-corrected chi connectivity index (χ2v) is 4.77. The van der Waals surface area contributed by atoms with E-state index in [-0.39, 0.29) is 0 Å². The molecule has 0 aliphatic carbocycles. The monoisotopic (exact) mass is 206 g/mol. The average molecular weight is 206 g/mol. The summed E-state index contributed by atoms with van der Waals surface area (Å²) < 4.78 is 2.29. The molecule has 1 aromatic heterocycles. The Kier molecular flexibility index (Phi) is 2.18. The van der Waals surface area contributed by atoms with Crippen molar-refractivity contribution in [2.75, 3.05) is 0 Å². The Morgan fingerprint density at radius 2 is 1.85 bits per heavy atom. The van der Waals surface area contributed by atoms with Gasteiger partial charge in [0, 0.05) is 15.0 Å². The standard InChI is InChI=1S/C11H10S2/c1-7-8(2)13-10-6-4-3-5-9(10)11(7)12/h3-6H,1-2H3. The molecule has 0 fully saturated rings. The van der Waals surface area contributed by atoms with Crippen molar-refractivity contribution in [2.45, 2.75) is 13.8 Å². The fourth-order valence-electron chi connectivity index (χ4n) is 1.35. The Hall–Kier alpha value is -0.730. The summed E-state index contributed by atoms with van der Waals surface area (Å²) in [5.41, 5.74) is 1.25. The highest BCUT2D eigenvalue weighted by atomic mass is 32.1. The fraction of sp³-hybridized carbons (Fsp3) is 0.182. The maximum atomic E-state index is 5.39. The fourth-order valence-corrected chi connectivity index (χ4v) is 2.82. The predicted octanol–water partition coefficient (Wildman–Crippen LogP) is 4.25. The van der Waals surface area contributed by atoms with Gasteiger partial charge in [0.15, 0.2) is 0 Å². The number of aryl methyl sites for hydroxylation is 1. The molecule has 2 rings (SSSR count). The van der Waals surface area contributed by atoms with Gasteiger partial charge < -0.3 is 0 Å². The van der Waals surface area contributed by atoms with Crippen LogP contribution in [0.1, 0.15) is 10.4 Å². The molecular formula is C11H10S2. The topological polar surface area (TPSA) is 0 Å². The molecule has 0 unspecified atom stereocenters. The van der Waals surface area contributed by atoms with E-state index in [0.29, 0.717) is 0 Å². The lowest BCUT2D eigenvalue weighted by Crippen LogP contribution is -1.80. The normalized spacial score (nSPS) is 10.6. The van der Waals surface area contributed by atoms with Crippen LogP contribution in [-0.2, 0) is 0 Å². The third-order valence-electron chi connectivity index (χ3n) is 2.26. The van der Waals surface area contributed by atoms with Gasteiger partial charge in [-0.25, -0.2) is 0 Å². The van der Waals surface area contributed by atoms with Crippen molar-refractivity contribution in [1.29, 1.82) is 0 Å². The van der Waals surface area contributed by atoms with Gasteiger partial charge in [0.1, 0.15) is 0 Å². The molecule has 66 valence electrons. The van der Waals surface area contributed by atoms with Crippen LogP contribution in [-0.4, -0.2) is 0 Å². The van der Waals surface area contributed by atoms with E-state index >= 15 is 0 Å². The van der Waals surface area contributed by atoms with Gasteiger partial charge in [0.25, 0.3) is 0 Å². The number of hydrogen-bond acceptors (Lipinski definition) is 2. The van der Waals surface area contributed by atoms with Crippen molar-refractivity contribution in [3.05, 3.63) is 39.2 Å². The summed E-state index contributed by atoms with van der Waals surface area (Å²) in [7, 11) is 0. The van der Waals surface area contributed by atoms with Crippen LogP contribution in [0.15, 0.2) is 24.3 Å². The zero-order chi connectivity index (χ0) is 9.42. The van der Waals surface area contributed by atoms with Gasteiger partial charge in [-0.15, -0.1) is 11.3 Å². The van der Waals surface area contributed by atoms with E-state index < -0.39 is 0 Å². The molecule has 0 saturated carbocycles. The minimum absolute atomic E-state index is 1.01. The van der Waals surface area contributed by atoms with Crippen LogP contribution in [0.2, 0.25) is 0 Å². The van der Waals surface area contributed by atoms with Crippen LogP contribution in [0, 0.1) is 18.4 Å². The van der Waals surface area contributed by atoms with Crippen molar-refractivity contribution in [3.8, 4) is 0 Å². The largest absolute Gasteiger partial charge is 0.140 e. The summed E-state index contributed by atoms with van der Waals surface area (Å²) in [5, 5.41) is 1.21. The summed E-state index contributed by atoms with van der Waals surface area (Å²) in [6.07, 6.45) is 0. The van der Waals surface area contributed by atoms with Gasteiger partial charge in [-0.05, 0) is 25.5 Å². The summed E-state index contributed by atoms with van der Waals surface area (Å²) in [4.78, 5) is 1.32. The number of fused-ring (bicyclic) bond motifs is 1. The summed E-state index contributed by atoms with van der Waals surface area (Å²) >= 11 is 7.20. The van der Waals surface area contributed by atoms with Crippen LogP contribution in [0.25, 0.3) is 10.1 Å². The van der Waals surface area contributed by atoms with E-state index in [1.165, 1.54) is 20.5 Å². The van der Waals surface area contributed by atoms with E-state index in [0.717, 1.165) is 4.51 Å².